The number of benzene rings is 1. The quantitative estimate of drug-likeness (QED) is 0.594. The first-order valence-corrected chi connectivity index (χ1v) is 7.30. The van der Waals surface area contributed by atoms with Crippen LogP contribution in [0.4, 0.5) is 17.6 Å². The summed E-state index contributed by atoms with van der Waals surface area (Å²) in [7, 11) is 0. The predicted octanol–water partition coefficient (Wildman–Crippen LogP) is 3.28. The molecule has 0 aliphatic carbocycles. The summed E-state index contributed by atoms with van der Waals surface area (Å²) < 4.78 is 60.5. The van der Waals surface area contributed by atoms with E-state index in [1.165, 1.54) is 18.6 Å². The maximum atomic E-state index is 13.2. The summed E-state index contributed by atoms with van der Waals surface area (Å²) in [5, 5.41) is 0. The molecule has 10 heteroatoms. The highest BCUT2D eigenvalue weighted by Gasteiger charge is 2.65. The Morgan fingerprint density at radius 3 is 2.23 bits per heavy atom. The minimum absolute atomic E-state index is 0.0798. The van der Waals surface area contributed by atoms with E-state index < -0.39 is 35.3 Å². The minimum Gasteiger partial charge on any atom is -0.421 e. The zero-order valence-corrected chi connectivity index (χ0v) is 12.9. The fraction of sp³-hybridized carbons (Fsp3) is 0.250. The number of hydrogen-bond donors (Lipinski definition) is 0. The standard InChI is InChI=1S/C16H10F4N2O4/c17-15(18)16(19,20)26-14-7-9(1-4-13(14)25-15)11(23)2-3-12(24)10-5-6-21-8-22-10/h1,4-8H,2-3H2. The van der Waals surface area contributed by atoms with Gasteiger partial charge in [0.1, 0.15) is 12.0 Å². The van der Waals surface area contributed by atoms with Gasteiger partial charge < -0.3 is 9.47 Å². The van der Waals surface area contributed by atoms with E-state index in [1.54, 1.807) is 0 Å². The number of ether oxygens (including phenoxy) is 2. The number of halogens is 4. The summed E-state index contributed by atoms with van der Waals surface area (Å²) in [6, 6.07) is 4.31. The number of fused-ring (bicyclic) bond motifs is 1. The molecule has 0 bridgehead atoms. The number of Topliss-reactive ketones (excluding diaryl/α,β-unsaturated/α-hetero) is 2. The van der Waals surface area contributed by atoms with E-state index in [0.717, 1.165) is 18.2 Å². The molecule has 0 radical (unpaired) electrons. The van der Waals surface area contributed by atoms with Gasteiger partial charge in [0.05, 0.1) is 0 Å². The van der Waals surface area contributed by atoms with E-state index in [-0.39, 0.29) is 24.1 Å². The van der Waals surface area contributed by atoms with Gasteiger partial charge in [-0.1, -0.05) is 0 Å². The van der Waals surface area contributed by atoms with Crippen molar-refractivity contribution in [3.63, 3.8) is 0 Å². The molecule has 0 saturated heterocycles. The molecule has 0 unspecified atom stereocenters. The van der Waals surface area contributed by atoms with Crippen LogP contribution in [-0.4, -0.2) is 33.8 Å². The Labute approximate surface area is 143 Å². The highest BCUT2D eigenvalue weighted by Crippen LogP contribution is 2.47. The fourth-order valence-electron chi connectivity index (χ4n) is 2.20. The average molecular weight is 370 g/mol. The molecule has 2 heterocycles. The maximum Gasteiger partial charge on any atom is 0.507 e. The molecule has 0 N–H and O–H groups in total. The molecule has 1 aliphatic rings. The van der Waals surface area contributed by atoms with Crippen LogP contribution in [0, 0.1) is 0 Å². The number of ketones is 2. The largest absolute Gasteiger partial charge is 0.507 e. The van der Waals surface area contributed by atoms with E-state index in [9.17, 15) is 27.2 Å². The van der Waals surface area contributed by atoms with Crippen LogP contribution in [-0.2, 0) is 0 Å². The van der Waals surface area contributed by atoms with Crippen molar-refractivity contribution in [3.8, 4) is 11.5 Å². The second-order valence-corrected chi connectivity index (χ2v) is 5.34. The van der Waals surface area contributed by atoms with Crippen LogP contribution in [0.1, 0.15) is 33.7 Å². The zero-order chi connectivity index (χ0) is 18.9. The van der Waals surface area contributed by atoms with Gasteiger partial charge >= 0.3 is 12.2 Å². The van der Waals surface area contributed by atoms with Crippen molar-refractivity contribution in [2.75, 3.05) is 0 Å². The molecule has 3 rings (SSSR count). The first-order chi connectivity index (χ1) is 12.2. The molecule has 0 amide bonds. The lowest BCUT2D eigenvalue weighted by Gasteiger charge is -2.31. The Balaban J connectivity index is 1.71. The van der Waals surface area contributed by atoms with Crippen molar-refractivity contribution in [2.45, 2.75) is 25.1 Å². The lowest BCUT2D eigenvalue weighted by molar-refractivity contribution is -0.391. The predicted molar refractivity (Wildman–Crippen MR) is 77.5 cm³/mol. The van der Waals surface area contributed by atoms with E-state index in [1.807, 2.05) is 0 Å². The van der Waals surface area contributed by atoms with Gasteiger partial charge in [-0.05, 0) is 24.3 Å². The monoisotopic (exact) mass is 370 g/mol. The third kappa shape index (κ3) is 3.35. The molecule has 2 aromatic rings. The smallest absolute Gasteiger partial charge is 0.421 e. The van der Waals surface area contributed by atoms with Crippen molar-refractivity contribution in [1.82, 2.24) is 9.97 Å². The molecule has 26 heavy (non-hydrogen) atoms. The number of nitrogens with zero attached hydrogens (tertiary/aromatic N) is 2. The highest BCUT2D eigenvalue weighted by atomic mass is 19.3. The first kappa shape index (κ1) is 17.8. The van der Waals surface area contributed by atoms with Crippen LogP contribution in [0.15, 0.2) is 36.8 Å². The second-order valence-electron chi connectivity index (χ2n) is 5.34. The van der Waals surface area contributed by atoms with Crippen LogP contribution >= 0.6 is 0 Å². The number of carbonyl (C=O) groups is 2. The van der Waals surface area contributed by atoms with Crippen molar-refractivity contribution in [2.24, 2.45) is 0 Å². The topological polar surface area (TPSA) is 78.4 Å². The number of aromatic nitrogens is 2. The molecule has 0 saturated carbocycles. The summed E-state index contributed by atoms with van der Waals surface area (Å²) in [6.45, 7) is 0. The van der Waals surface area contributed by atoms with Gasteiger partial charge in [0, 0.05) is 24.6 Å². The molecular formula is C16H10F4N2O4. The van der Waals surface area contributed by atoms with Gasteiger partial charge in [-0.15, -0.1) is 0 Å². The SMILES string of the molecule is O=C(CCC(=O)c1ccncn1)c1ccc2c(c1)OC(F)(F)C(F)(F)O2. The van der Waals surface area contributed by atoms with Gasteiger partial charge in [0.25, 0.3) is 0 Å². The summed E-state index contributed by atoms with van der Waals surface area (Å²) in [4.78, 5) is 31.5. The Morgan fingerprint density at radius 1 is 0.923 bits per heavy atom. The number of rotatable bonds is 5. The highest BCUT2D eigenvalue weighted by molar-refractivity contribution is 6.01. The van der Waals surface area contributed by atoms with Gasteiger partial charge in [0.15, 0.2) is 23.1 Å². The van der Waals surface area contributed by atoms with Crippen molar-refractivity contribution in [3.05, 3.63) is 48.0 Å². The number of carbonyl (C=O) groups excluding carboxylic acids is 2. The number of hydrogen-bond acceptors (Lipinski definition) is 6. The summed E-state index contributed by atoms with van der Waals surface area (Å²) in [6.07, 6.45) is -7.53. The van der Waals surface area contributed by atoms with Crippen molar-refractivity contribution >= 4 is 11.6 Å². The van der Waals surface area contributed by atoms with Gasteiger partial charge in [-0.2, -0.15) is 17.6 Å². The van der Waals surface area contributed by atoms with Gasteiger partial charge in [-0.25, -0.2) is 9.97 Å². The van der Waals surface area contributed by atoms with Crippen LogP contribution in [0.3, 0.4) is 0 Å². The molecule has 136 valence electrons. The van der Waals surface area contributed by atoms with E-state index in [4.69, 9.17) is 0 Å². The molecule has 0 fully saturated rings. The van der Waals surface area contributed by atoms with Crippen LogP contribution in [0.25, 0.3) is 0 Å². The minimum atomic E-state index is -4.87. The molecule has 0 atom stereocenters. The lowest BCUT2D eigenvalue weighted by Crippen LogP contribution is -2.52. The number of alkyl halides is 4. The summed E-state index contributed by atoms with van der Waals surface area (Å²) in [5.41, 5.74) is 0.0562. The molecular weight excluding hydrogens is 360 g/mol. The molecule has 6 nitrogen and oxygen atoms in total. The molecule has 1 aromatic carbocycles. The first-order valence-electron chi connectivity index (χ1n) is 7.30. The Morgan fingerprint density at radius 2 is 1.58 bits per heavy atom. The molecule has 1 aromatic heterocycles. The van der Waals surface area contributed by atoms with Gasteiger partial charge in [0.2, 0.25) is 0 Å². The summed E-state index contributed by atoms with van der Waals surface area (Å²) >= 11 is 0. The van der Waals surface area contributed by atoms with E-state index in [2.05, 4.69) is 19.4 Å². The third-order valence-corrected chi connectivity index (χ3v) is 3.53. The molecule has 0 spiro atoms. The van der Waals surface area contributed by atoms with Crippen LogP contribution in [0.2, 0.25) is 0 Å². The Hall–Kier alpha value is -3.04. The van der Waals surface area contributed by atoms with Crippen LogP contribution in [0.5, 0.6) is 11.5 Å². The van der Waals surface area contributed by atoms with Gasteiger partial charge in [-0.3, -0.25) is 9.59 Å². The van der Waals surface area contributed by atoms with Crippen LogP contribution < -0.4 is 9.47 Å². The summed E-state index contributed by atoms with van der Waals surface area (Å²) in [5.74, 6) is -2.26. The van der Waals surface area contributed by atoms with Crippen molar-refractivity contribution < 1.29 is 36.6 Å². The average Bonchev–Trinajstić information content (AvgIpc) is 2.60. The normalized spacial score (nSPS) is 16.8. The van der Waals surface area contributed by atoms with Crippen molar-refractivity contribution in [1.29, 1.82) is 0 Å². The Kier molecular flexibility index (Phi) is 4.34. The second kappa shape index (κ2) is 6.36. The fourth-order valence-corrected chi connectivity index (χ4v) is 2.20. The lowest BCUT2D eigenvalue weighted by atomic mass is 10.0. The Bertz CT molecular complexity index is 859. The van der Waals surface area contributed by atoms with E-state index in [0.29, 0.717) is 0 Å². The third-order valence-electron chi connectivity index (χ3n) is 3.53. The molecule has 1 aliphatic heterocycles. The zero-order valence-electron chi connectivity index (χ0n) is 12.9. The maximum absolute atomic E-state index is 13.2. The van der Waals surface area contributed by atoms with E-state index >= 15 is 0 Å².